The molecule has 4 aromatic rings. The van der Waals surface area contributed by atoms with E-state index in [0.717, 1.165) is 21.9 Å². The summed E-state index contributed by atoms with van der Waals surface area (Å²) in [7, 11) is 0. The van der Waals surface area contributed by atoms with Crippen molar-refractivity contribution in [3.05, 3.63) is 102 Å². The van der Waals surface area contributed by atoms with Gasteiger partial charge < -0.3 is 14.5 Å². The minimum Gasteiger partial charge on any atom is -0.487 e. The van der Waals surface area contributed by atoms with Gasteiger partial charge in [0.1, 0.15) is 23.5 Å². The predicted molar refractivity (Wildman–Crippen MR) is 132 cm³/mol. The van der Waals surface area contributed by atoms with Crippen molar-refractivity contribution < 1.29 is 19.1 Å². The predicted octanol–water partition coefficient (Wildman–Crippen LogP) is 3.50. The minimum absolute atomic E-state index is 0.275. The molecule has 1 aliphatic rings. The van der Waals surface area contributed by atoms with E-state index < -0.39 is 23.4 Å². The van der Waals surface area contributed by atoms with Crippen molar-refractivity contribution >= 4 is 23.5 Å². The Kier molecular flexibility index (Phi) is 6.12. The van der Waals surface area contributed by atoms with Gasteiger partial charge in [0.15, 0.2) is 0 Å². The number of aryl methyl sites for hydroxylation is 1. The van der Waals surface area contributed by atoms with Crippen molar-refractivity contribution in [2.45, 2.75) is 31.9 Å². The zero-order valence-electron chi connectivity index (χ0n) is 19.7. The van der Waals surface area contributed by atoms with Crippen LogP contribution in [0.15, 0.2) is 85.2 Å². The molecule has 2 aromatic heterocycles. The molecule has 0 spiro atoms. The molecule has 1 fully saturated rings. The number of hydrogen-bond acceptors (Lipinski definition) is 5. The number of nitrogens with zero attached hydrogens (tertiary/aromatic N) is 3. The topological polar surface area (TPSA) is 105 Å². The number of fused-ring (bicyclic) bond motifs is 1. The van der Waals surface area contributed by atoms with E-state index in [0.29, 0.717) is 18.6 Å². The number of imidazole rings is 1. The van der Waals surface area contributed by atoms with E-state index in [9.17, 15) is 14.4 Å². The highest BCUT2D eigenvalue weighted by Crippen LogP contribution is 2.23. The first-order valence-corrected chi connectivity index (χ1v) is 11.6. The number of amides is 4. The Labute approximate surface area is 207 Å². The Morgan fingerprint density at radius 2 is 1.78 bits per heavy atom. The number of imide groups is 1. The Morgan fingerprint density at radius 1 is 1.03 bits per heavy atom. The summed E-state index contributed by atoms with van der Waals surface area (Å²) in [4.78, 5) is 42.7. The van der Waals surface area contributed by atoms with Crippen molar-refractivity contribution in [1.82, 2.24) is 25.1 Å². The lowest BCUT2D eigenvalue weighted by Crippen LogP contribution is -2.48. The molecule has 1 saturated heterocycles. The van der Waals surface area contributed by atoms with Gasteiger partial charge in [-0.15, -0.1) is 0 Å². The third-order valence-electron chi connectivity index (χ3n) is 6.15. The number of benzene rings is 2. The van der Waals surface area contributed by atoms with Crippen LogP contribution in [0, 0.1) is 0 Å². The molecule has 2 N–H and O–H groups in total. The molecular formula is C27H25N5O4. The van der Waals surface area contributed by atoms with Gasteiger partial charge >= 0.3 is 6.03 Å². The second kappa shape index (κ2) is 9.53. The minimum atomic E-state index is -1.10. The lowest BCUT2D eigenvalue weighted by Gasteiger charge is -2.21. The lowest BCUT2D eigenvalue weighted by atomic mass is 9.93. The summed E-state index contributed by atoms with van der Waals surface area (Å²) in [5, 5.41) is 3.45. The van der Waals surface area contributed by atoms with E-state index in [-0.39, 0.29) is 12.2 Å². The van der Waals surface area contributed by atoms with Gasteiger partial charge in [-0.05, 0) is 61.7 Å². The highest BCUT2D eigenvalue weighted by molar-refractivity contribution is 6.09. The Bertz CT molecular complexity index is 1380. The zero-order valence-corrected chi connectivity index (χ0v) is 19.7. The van der Waals surface area contributed by atoms with Gasteiger partial charge in [0, 0.05) is 18.0 Å². The summed E-state index contributed by atoms with van der Waals surface area (Å²) in [5.74, 6) is -0.506. The number of carbonyl (C=O) groups excluding carboxylic acids is 3. The summed E-state index contributed by atoms with van der Waals surface area (Å²) in [6.45, 7) is 1.94. The highest BCUT2D eigenvalue weighted by Gasteiger charge is 2.48. The number of carbonyl (C=O) groups is 3. The third kappa shape index (κ3) is 4.76. The van der Waals surface area contributed by atoms with Gasteiger partial charge in [-0.25, -0.2) is 9.78 Å². The van der Waals surface area contributed by atoms with Crippen LogP contribution >= 0.6 is 0 Å². The fraction of sp³-hybridized carbons (Fsp3) is 0.185. The lowest BCUT2D eigenvalue weighted by molar-refractivity contribution is -0.132. The highest BCUT2D eigenvalue weighted by atomic mass is 16.5. The first-order chi connectivity index (χ1) is 17.4. The largest absolute Gasteiger partial charge is 0.487 e. The van der Waals surface area contributed by atoms with E-state index >= 15 is 0 Å². The molecule has 0 aliphatic carbocycles. The van der Waals surface area contributed by atoms with Crippen LogP contribution in [-0.2, 0) is 17.8 Å². The number of hydrazine groups is 1. The SMILES string of the molecule is C[C@]1(CCc2ccccc2)NC(=O)N(NC(=O)c2ccc(OCc3cn4ccccc4n3)cc2)C1=O. The molecule has 4 amide bonds. The van der Waals surface area contributed by atoms with Crippen LogP contribution < -0.4 is 15.5 Å². The van der Waals surface area contributed by atoms with Crippen LogP contribution in [0.2, 0.25) is 0 Å². The molecular weight excluding hydrogens is 458 g/mol. The van der Waals surface area contributed by atoms with Gasteiger partial charge in [0.2, 0.25) is 0 Å². The van der Waals surface area contributed by atoms with E-state index in [1.54, 1.807) is 31.2 Å². The average molecular weight is 484 g/mol. The number of nitrogens with one attached hydrogen (secondary N) is 2. The summed E-state index contributed by atoms with van der Waals surface area (Å²) in [6.07, 6.45) is 4.83. The Balaban J connectivity index is 1.17. The fourth-order valence-corrected chi connectivity index (χ4v) is 4.08. The smallest absolute Gasteiger partial charge is 0.344 e. The first kappa shape index (κ1) is 23.1. The number of rotatable bonds is 8. The molecule has 3 heterocycles. The monoisotopic (exact) mass is 483 g/mol. The van der Waals surface area contributed by atoms with Crippen LogP contribution in [0.3, 0.4) is 0 Å². The molecule has 182 valence electrons. The van der Waals surface area contributed by atoms with E-state index in [4.69, 9.17) is 4.74 Å². The molecule has 0 saturated carbocycles. The first-order valence-electron chi connectivity index (χ1n) is 11.6. The average Bonchev–Trinajstić information content (AvgIpc) is 3.41. The molecule has 9 nitrogen and oxygen atoms in total. The maximum absolute atomic E-state index is 13.0. The van der Waals surface area contributed by atoms with Crippen LogP contribution in [0.25, 0.3) is 5.65 Å². The Morgan fingerprint density at radius 3 is 2.53 bits per heavy atom. The van der Waals surface area contributed by atoms with Crippen molar-refractivity contribution in [3.63, 3.8) is 0 Å². The molecule has 0 radical (unpaired) electrons. The van der Waals surface area contributed by atoms with Crippen molar-refractivity contribution in [2.24, 2.45) is 0 Å². The maximum Gasteiger partial charge on any atom is 0.344 e. The van der Waals surface area contributed by atoms with Gasteiger partial charge in [0.25, 0.3) is 11.8 Å². The number of ether oxygens (including phenoxy) is 1. The zero-order chi connectivity index (χ0) is 25.1. The second-order valence-corrected chi connectivity index (χ2v) is 8.84. The number of aromatic nitrogens is 2. The number of urea groups is 1. The number of hydrogen-bond donors (Lipinski definition) is 2. The van der Waals surface area contributed by atoms with E-state index in [2.05, 4.69) is 15.7 Å². The molecule has 1 atom stereocenters. The van der Waals surface area contributed by atoms with Crippen molar-refractivity contribution in [3.8, 4) is 5.75 Å². The number of pyridine rings is 1. The maximum atomic E-state index is 13.0. The molecule has 36 heavy (non-hydrogen) atoms. The van der Waals surface area contributed by atoms with Gasteiger partial charge in [-0.3, -0.25) is 15.0 Å². The molecule has 1 aliphatic heterocycles. The van der Waals surface area contributed by atoms with Gasteiger partial charge in [-0.1, -0.05) is 36.4 Å². The second-order valence-electron chi connectivity index (χ2n) is 8.84. The Hall–Kier alpha value is -4.66. The van der Waals surface area contributed by atoms with Crippen LogP contribution in [0.5, 0.6) is 5.75 Å². The molecule has 2 aromatic carbocycles. The van der Waals surface area contributed by atoms with Crippen LogP contribution in [-0.4, -0.2) is 37.8 Å². The normalized spacial score (nSPS) is 17.3. The standard InChI is InChI=1S/C27H25N5O4/c1-27(15-14-19-7-3-2-4-8-19)25(34)32(26(35)29-27)30-24(33)20-10-12-22(13-11-20)36-18-21-17-31-16-6-5-9-23(31)28-21/h2-13,16-17H,14-15,18H2,1H3,(H,29,35)(H,30,33)/t27-/m1/s1. The van der Waals surface area contributed by atoms with Crippen LogP contribution in [0.4, 0.5) is 4.79 Å². The molecule has 0 bridgehead atoms. The van der Waals surface area contributed by atoms with Crippen molar-refractivity contribution in [2.75, 3.05) is 0 Å². The van der Waals surface area contributed by atoms with Crippen molar-refractivity contribution in [1.29, 1.82) is 0 Å². The summed E-state index contributed by atoms with van der Waals surface area (Å²) < 4.78 is 7.69. The van der Waals surface area contributed by atoms with Crippen LogP contribution in [0.1, 0.15) is 35.0 Å². The summed E-state index contributed by atoms with van der Waals surface area (Å²) >= 11 is 0. The fourth-order valence-electron chi connectivity index (χ4n) is 4.08. The van der Waals surface area contributed by atoms with Gasteiger partial charge in [-0.2, -0.15) is 5.01 Å². The molecule has 0 unspecified atom stereocenters. The van der Waals surface area contributed by atoms with E-state index in [1.807, 2.05) is 65.3 Å². The molecule has 5 rings (SSSR count). The summed E-state index contributed by atoms with van der Waals surface area (Å²) in [5.41, 5.74) is 4.27. The van der Waals surface area contributed by atoms with E-state index in [1.165, 1.54) is 0 Å². The summed E-state index contributed by atoms with van der Waals surface area (Å²) in [6, 6.07) is 21.3. The third-order valence-corrected chi connectivity index (χ3v) is 6.15. The molecule has 9 heteroatoms. The quantitative estimate of drug-likeness (QED) is 0.373. The van der Waals surface area contributed by atoms with Gasteiger partial charge in [0.05, 0.1) is 5.69 Å².